The maximum Gasteiger partial charge on any atom is 0.168 e. The smallest absolute Gasteiger partial charge is 0.168 e. The topological polar surface area (TPSA) is 47.6 Å². The monoisotopic (exact) mass is 295 g/mol. The van der Waals surface area contributed by atoms with Crippen LogP contribution in [-0.2, 0) is 16.0 Å². The minimum atomic E-state index is -0.453. The number of hydrogen-bond acceptors (Lipinski definition) is 4. The molecular formula is C16H22FNO3. The molecule has 0 spiro atoms. The van der Waals surface area contributed by atoms with E-state index in [9.17, 15) is 9.18 Å². The van der Waals surface area contributed by atoms with Crippen molar-refractivity contribution < 1.29 is 18.7 Å². The maximum absolute atomic E-state index is 14.1. The summed E-state index contributed by atoms with van der Waals surface area (Å²) >= 11 is 0. The zero-order valence-corrected chi connectivity index (χ0v) is 12.5. The molecule has 0 radical (unpaired) electrons. The molecule has 116 valence electrons. The summed E-state index contributed by atoms with van der Waals surface area (Å²) in [7, 11) is 1.42. The molecule has 1 fully saturated rings. The lowest BCUT2D eigenvalue weighted by Gasteiger charge is -2.18. The molecule has 1 N–H and O–H groups in total. The Kier molecular flexibility index (Phi) is 5.70. The number of ketones is 1. The Bertz CT molecular complexity index is 492. The number of halogens is 1. The molecule has 1 aliphatic rings. The maximum atomic E-state index is 14.1. The molecule has 0 aromatic heterocycles. The van der Waals surface area contributed by atoms with Gasteiger partial charge in [-0.3, -0.25) is 4.79 Å². The van der Waals surface area contributed by atoms with Gasteiger partial charge in [-0.1, -0.05) is 19.1 Å². The van der Waals surface area contributed by atoms with Gasteiger partial charge in [0.1, 0.15) is 5.78 Å². The molecular weight excluding hydrogens is 273 g/mol. The third-order valence-corrected chi connectivity index (χ3v) is 3.78. The first-order chi connectivity index (χ1) is 10.2. The Morgan fingerprint density at radius 1 is 1.48 bits per heavy atom. The molecule has 1 saturated heterocycles. The van der Waals surface area contributed by atoms with Crippen LogP contribution in [0.3, 0.4) is 0 Å². The third kappa shape index (κ3) is 3.80. The van der Waals surface area contributed by atoms with Crippen molar-refractivity contribution >= 4 is 5.78 Å². The predicted molar refractivity (Wildman–Crippen MR) is 78.1 cm³/mol. The van der Waals surface area contributed by atoms with Crippen molar-refractivity contribution in [3.8, 4) is 5.75 Å². The first-order valence-electron chi connectivity index (χ1n) is 7.32. The highest BCUT2D eigenvalue weighted by atomic mass is 19.1. The zero-order chi connectivity index (χ0) is 15.2. The Hall–Kier alpha value is -1.46. The van der Waals surface area contributed by atoms with Crippen LogP contribution in [0.15, 0.2) is 18.2 Å². The Balaban J connectivity index is 2.04. The Labute approximate surface area is 124 Å². The van der Waals surface area contributed by atoms with Gasteiger partial charge in [0.25, 0.3) is 0 Å². The van der Waals surface area contributed by atoms with E-state index < -0.39 is 5.82 Å². The van der Waals surface area contributed by atoms with Gasteiger partial charge in [0.15, 0.2) is 11.6 Å². The number of methoxy groups -OCH3 is 1. The van der Waals surface area contributed by atoms with Crippen LogP contribution in [0.4, 0.5) is 4.39 Å². The molecule has 2 atom stereocenters. The third-order valence-electron chi connectivity index (χ3n) is 3.78. The molecule has 1 aromatic rings. The molecule has 0 amide bonds. The van der Waals surface area contributed by atoms with Crippen molar-refractivity contribution in [3.05, 3.63) is 29.6 Å². The molecule has 1 aromatic carbocycles. The molecule has 1 aliphatic heterocycles. The molecule has 5 heteroatoms. The summed E-state index contributed by atoms with van der Waals surface area (Å²) in [6.45, 7) is 3.87. The van der Waals surface area contributed by atoms with E-state index in [1.165, 1.54) is 7.11 Å². The minimum Gasteiger partial charge on any atom is -0.494 e. The van der Waals surface area contributed by atoms with Crippen LogP contribution in [0.1, 0.15) is 18.9 Å². The van der Waals surface area contributed by atoms with E-state index in [0.29, 0.717) is 18.8 Å². The average molecular weight is 295 g/mol. The number of carbonyl (C=O) groups is 1. The number of hydrogen-bond donors (Lipinski definition) is 1. The number of rotatable bonds is 7. The van der Waals surface area contributed by atoms with Crippen molar-refractivity contribution in [2.24, 2.45) is 5.92 Å². The van der Waals surface area contributed by atoms with Crippen LogP contribution in [0.25, 0.3) is 0 Å². The normalized spacial score (nSPS) is 21.5. The fourth-order valence-corrected chi connectivity index (χ4v) is 2.57. The molecule has 0 saturated carbocycles. The first-order valence-corrected chi connectivity index (χ1v) is 7.32. The van der Waals surface area contributed by atoms with Gasteiger partial charge < -0.3 is 14.8 Å². The second-order valence-corrected chi connectivity index (χ2v) is 5.28. The second kappa shape index (κ2) is 7.52. The minimum absolute atomic E-state index is 0.00764. The number of ether oxygens (including phenoxy) is 2. The van der Waals surface area contributed by atoms with Gasteiger partial charge in [0.2, 0.25) is 0 Å². The zero-order valence-electron chi connectivity index (χ0n) is 12.5. The van der Waals surface area contributed by atoms with Crippen molar-refractivity contribution in [3.63, 3.8) is 0 Å². The molecule has 1 heterocycles. The summed E-state index contributed by atoms with van der Waals surface area (Å²) in [5.74, 6) is -0.482. The van der Waals surface area contributed by atoms with Gasteiger partial charge >= 0.3 is 0 Å². The largest absolute Gasteiger partial charge is 0.494 e. The Morgan fingerprint density at radius 2 is 2.29 bits per heavy atom. The number of nitrogens with one attached hydrogen (secondary N) is 1. The van der Waals surface area contributed by atoms with E-state index in [1.54, 1.807) is 18.2 Å². The van der Waals surface area contributed by atoms with E-state index in [-0.39, 0.29) is 29.9 Å². The first kappa shape index (κ1) is 15.9. The summed E-state index contributed by atoms with van der Waals surface area (Å²) < 4.78 is 24.4. The van der Waals surface area contributed by atoms with Crippen LogP contribution < -0.4 is 10.1 Å². The van der Waals surface area contributed by atoms with Crippen LogP contribution in [0.2, 0.25) is 0 Å². The van der Waals surface area contributed by atoms with E-state index in [0.717, 1.165) is 13.0 Å². The van der Waals surface area contributed by atoms with Crippen molar-refractivity contribution in [1.29, 1.82) is 0 Å². The lowest BCUT2D eigenvalue weighted by atomic mass is 9.93. The summed E-state index contributed by atoms with van der Waals surface area (Å²) in [5, 5.41) is 3.32. The van der Waals surface area contributed by atoms with Gasteiger partial charge in [0, 0.05) is 12.5 Å². The van der Waals surface area contributed by atoms with Crippen LogP contribution >= 0.6 is 0 Å². The number of benzene rings is 1. The number of Topliss-reactive ketones (excluding diaryl/α,β-unsaturated/α-hetero) is 1. The highest BCUT2D eigenvalue weighted by molar-refractivity contribution is 5.84. The molecule has 2 unspecified atom stereocenters. The highest BCUT2D eigenvalue weighted by Crippen LogP contribution is 2.23. The average Bonchev–Trinajstić information content (AvgIpc) is 2.95. The van der Waals surface area contributed by atoms with Crippen molar-refractivity contribution in [1.82, 2.24) is 5.32 Å². The molecule has 0 bridgehead atoms. The fourth-order valence-electron chi connectivity index (χ4n) is 2.57. The van der Waals surface area contributed by atoms with Crippen LogP contribution in [-0.4, -0.2) is 38.7 Å². The van der Waals surface area contributed by atoms with E-state index >= 15 is 0 Å². The summed E-state index contributed by atoms with van der Waals surface area (Å²) in [6, 6.07) is 4.90. The Morgan fingerprint density at radius 3 is 3.00 bits per heavy atom. The van der Waals surface area contributed by atoms with E-state index in [4.69, 9.17) is 9.47 Å². The molecule has 4 nitrogen and oxygen atoms in total. The van der Waals surface area contributed by atoms with Crippen molar-refractivity contribution in [2.45, 2.75) is 25.8 Å². The van der Waals surface area contributed by atoms with Gasteiger partial charge in [-0.05, 0) is 24.6 Å². The lowest BCUT2D eigenvalue weighted by Crippen LogP contribution is -2.40. The molecule has 0 aliphatic carbocycles. The van der Waals surface area contributed by atoms with Gasteiger partial charge in [-0.15, -0.1) is 0 Å². The van der Waals surface area contributed by atoms with Crippen molar-refractivity contribution in [2.75, 3.05) is 26.9 Å². The van der Waals surface area contributed by atoms with Gasteiger partial charge in [-0.25, -0.2) is 4.39 Å². The molecule has 2 rings (SSSR count). The van der Waals surface area contributed by atoms with E-state index in [2.05, 4.69) is 12.2 Å². The quantitative estimate of drug-likeness (QED) is 0.835. The summed E-state index contributed by atoms with van der Waals surface area (Å²) in [6.07, 6.45) is 1.07. The molecule has 21 heavy (non-hydrogen) atoms. The van der Waals surface area contributed by atoms with E-state index in [1.807, 2.05) is 0 Å². The lowest BCUT2D eigenvalue weighted by molar-refractivity contribution is -0.122. The highest BCUT2D eigenvalue weighted by Gasteiger charge is 2.33. The van der Waals surface area contributed by atoms with Crippen LogP contribution in [0.5, 0.6) is 5.75 Å². The van der Waals surface area contributed by atoms with Crippen LogP contribution in [0, 0.1) is 11.7 Å². The number of carbonyl (C=O) groups excluding carboxylic acids is 1. The fraction of sp³-hybridized carbons (Fsp3) is 0.562. The second-order valence-electron chi connectivity index (χ2n) is 5.28. The standard InChI is InChI=1S/C16H22FNO3/c1-3-7-18-13-10-21-9-12(13)14(19)8-11-5-4-6-15(20-2)16(11)17/h4-6,12-13,18H,3,7-10H2,1-2H3. The SMILES string of the molecule is CCCNC1COCC1C(=O)Cc1cccc(OC)c1F. The van der Waals surface area contributed by atoms with Gasteiger partial charge in [-0.2, -0.15) is 0 Å². The summed E-state index contributed by atoms with van der Waals surface area (Å²) in [5.41, 5.74) is 0.375. The van der Waals surface area contributed by atoms with Gasteiger partial charge in [0.05, 0.1) is 26.2 Å². The predicted octanol–water partition coefficient (Wildman–Crippen LogP) is 1.96. The summed E-state index contributed by atoms with van der Waals surface area (Å²) in [4.78, 5) is 12.4.